The van der Waals surface area contributed by atoms with Crippen LogP contribution in [0.2, 0.25) is 0 Å². The number of carbonyl (C=O) groups is 2. The topological polar surface area (TPSA) is 80.1 Å². The van der Waals surface area contributed by atoms with Gasteiger partial charge < -0.3 is 10.2 Å². The molecule has 7 heteroatoms. The number of nitrogens with zero attached hydrogens (tertiary/aromatic N) is 4. The number of amides is 2. The fourth-order valence-corrected chi connectivity index (χ4v) is 1.89. The minimum atomic E-state index is -0.0869. The van der Waals surface area contributed by atoms with E-state index in [4.69, 9.17) is 0 Å². The number of rotatable bonds is 3. The zero-order valence-electron chi connectivity index (χ0n) is 10.6. The zero-order valence-corrected chi connectivity index (χ0v) is 10.6. The molecule has 2 heterocycles. The summed E-state index contributed by atoms with van der Waals surface area (Å²) in [6.45, 7) is 4.90. The van der Waals surface area contributed by atoms with Crippen molar-refractivity contribution >= 4 is 11.8 Å². The van der Waals surface area contributed by atoms with Gasteiger partial charge in [-0.2, -0.15) is 5.10 Å². The third-order valence-corrected chi connectivity index (χ3v) is 2.87. The van der Waals surface area contributed by atoms with Crippen LogP contribution >= 0.6 is 0 Å². The molecule has 7 nitrogen and oxygen atoms in total. The summed E-state index contributed by atoms with van der Waals surface area (Å²) in [5.74, 6) is 0.572. The zero-order chi connectivity index (χ0) is 13.1. The Bertz CT molecular complexity index is 454. The molecule has 1 aromatic heterocycles. The van der Waals surface area contributed by atoms with Gasteiger partial charge in [0.25, 0.3) is 0 Å². The molecule has 18 heavy (non-hydrogen) atoms. The fraction of sp³-hybridized carbons (Fsp3) is 0.636. The van der Waals surface area contributed by atoms with Crippen molar-refractivity contribution in [2.75, 3.05) is 13.1 Å². The number of nitrogens with one attached hydrogen (secondary N) is 1. The van der Waals surface area contributed by atoms with E-state index in [0.29, 0.717) is 19.5 Å². The Morgan fingerprint density at radius 2 is 2.22 bits per heavy atom. The first-order valence-electron chi connectivity index (χ1n) is 6.01. The second-order valence-corrected chi connectivity index (χ2v) is 4.56. The molecule has 0 aliphatic carbocycles. The van der Waals surface area contributed by atoms with E-state index in [1.165, 1.54) is 6.33 Å². The molecule has 0 unspecified atom stereocenters. The lowest BCUT2D eigenvalue weighted by atomic mass is 10.3. The Kier molecular flexibility index (Phi) is 3.59. The molecule has 2 amide bonds. The summed E-state index contributed by atoms with van der Waals surface area (Å²) < 4.78 is 1.79. The first-order valence-corrected chi connectivity index (χ1v) is 6.01. The molecule has 1 aromatic rings. The molecule has 0 atom stereocenters. The maximum absolute atomic E-state index is 11.8. The van der Waals surface area contributed by atoms with Gasteiger partial charge in [0.1, 0.15) is 12.2 Å². The predicted molar refractivity (Wildman–Crippen MR) is 63.5 cm³/mol. The molecule has 98 valence electrons. The minimum absolute atomic E-state index is 0.0641. The maximum atomic E-state index is 11.8. The minimum Gasteiger partial charge on any atom is -0.347 e. The number of carbonyl (C=O) groups excluding carboxylic acids is 2. The van der Waals surface area contributed by atoms with Crippen LogP contribution < -0.4 is 5.32 Å². The van der Waals surface area contributed by atoms with Gasteiger partial charge in [-0.3, -0.25) is 9.59 Å². The summed E-state index contributed by atoms with van der Waals surface area (Å²) in [7, 11) is 0. The van der Waals surface area contributed by atoms with Gasteiger partial charge in [0.05, 0.1) is 13.1 Å². The van der Waals surface area contributed by atoms with E-state index in [1.54, 1.807) is 9.58 Å². The molecule has 0 saturated carbocycles. The van der Waals surface area contributed by atoms with Crippen LogP contribution in [0.25, 0.3) is 0 Å². The SMILES string of the molecule is CC(C)n1ncnc1CN1CCC(=O)NCC1=O. The van der Waals surface area contributed by atoms with Gasteiger partial charge in [0, 0.05) is 19.0 Å². The highest BCUT2D eigenvalue weighted by Crippen LogP contribution is 2.09. The Hall–Kier alpha value is -1.92. The second kappa shape index (κ2) is 5.16. The van der Waals surface area contributed by atoms with E-state index in [-0.39, 0.29) is 24.4 Å². The second-order valence-electron chi connectivity index (χ2n) is 4.56. The van der Waals surface area contributed by atoms with Crippen molar-refractivity contribution in [3.05, 3.63) is 12.2 Å². The third-order valence-electron chi connectivity index (χ3n) is 2.87. The molecule has 1 aliphatic heterocycles. The van der Waals surface area contributed by atoms with Crippen molar-refractivity contribution in [3.63, 3.8) is 0 Å². The number of hydrogen-bond acceptors (Lipinski definition) is 4. The average Bonchev–Trinajstić information content (AvgIpc) is 2.73. The molecule has 0 bridgehead atoms. The predicted octanol–water partition coefficient (Wildman–Crippen LogP) is -0.292. The molecule has 0 spiro atoms. The first-order chi connectivity index (χ1) is 8.58. The van der Waals surface area contributed by atoms with Crippen LogP contribution in [-0.2, 0) is 16.1 Å². The maximum Gasteiger partial charge on any atom is 0.242 e. The van der Waals surface area contributed by atoms with E-state index in [9.17, 15) is 9.59 Å². The van der Waals surface area contributed by atoms with Crippen molar-refractivity contribution < 1.29 is 9.59 Å². The summed E-state index contributed by atoms with van der Waals surface area (Å²) >= 11 is 0. The Labute approximate surface area is 105 Å². The van der Waals surface area contributed by atoms with Crippen LogP contribution in [0.3, 0.4) is 0 Å². The number of aromatic nitrogens is 3. The summed E-state index contributed by atoms with van der Waals surface area (Å²) in [5, 5.41) is 6.70. The van der Waals surface area contributed by atoms with Crippen LogP contribution in [0.4, 0.5) is 0 Å². The molecular formula is C11H17N5O2. The van der Waals surface area contributed by atoms with Crippen molar-refractivity contribution in [1.29, 1.82) is 0 Å². The Morgan fingerprint density at radius 3 is 2.94 bits per heavy atom. The van der Waals surface area contributed by atoms with Gasteiger partial charge in [-0.05, 0) is 13.8 Å². The van der Waals surface area contributed by atoms with E-state index in [0.717, 1.165) is 5.82 Å². The lowest BCUT2D eigenvalue weighted by Crippen LogP contribution is -2.35. The van der Waals surface area contributed by atoms with E-state index < -0.39 is 0 Å². The van der Waals surface area contributed by atoms with Crippen LogP contribution in [0, 0.1) is 0 Å². The molecule has 1 fully saturated rings. The summed E-state index contributed by atoms with van der Waals surface area (Å²) in [6.07, 6.45) is 1.82. The highest BCUT2D eigenvalue weighted by atomic mass is 16.2. The van der Waals surface area contributed by atoms with Crippen molar-refractivity contribution in [2.24, 2.45) is 0 Å². The van der Waals surface area contributed by atoms with Gasteiger partial charge in [0.15, 0.2) is 0 Å². The Balaban J connectivity index is 2.10. The summed E-state index contributed by atoms with van der Waals surface area (Å²) in [4.78, 5) is 28.9. The molecule has 1 aliphatic rings. The van der Waals surface area contributed by atoms with Crippen molar-refractivity contribution in [3.8, 4) is 0 Å². The van der Waals surface area contributed by atoms with E-state index in [2.05, 4.69) is 15.4 Å². The fourth-order valence-electron chi connectivity index (χ4n) is 1.89. The lowest BCUT2D eigenvalue weighted by Gasteiger charge is -2.20. The average molecular weight is 251 g/mol. The highest BCUT2D eigenvalue weighted by Gasteiger charge is 2.22. The van der Waals surface area contributed by atoms with Crippen LogP contribution in [0.1, 0.15) is 32.1 Å². The Morgan fingerprint density at radius 1 is 1.44 bits per heavy atom. The van der Waals surface area contributed by atoms with Crippen molar-refractivity contribution in [2.45, 2.75) is 32.9 Å². The van der Waals surface area contributed by atoms with Crippen molar-refractivity contribution in [1.82, 2.24) is 25.0 Å². The monoisotopic (exact) mass is 251 g/mol. The molecular weight excluding hydrogens is 234 g/mol. The molecule has 0 aromatic carbocycles. The van der Waals surface area contributed by atoms with Crippen LogP contribution in [0.5, 0.6) is 0 Å². The molecule has 1 saturated heterocycles. The van der Waals surface area contributed by atoms with Crippen LogP contribution in [0.15, 0.2) is 6.33 Å². The van der Waals surface area contributed by atoms with E-state index >= 15 is 0 Å². The smallest absolute Gasteiger partial charge is 0.242 e. The normalized spacial score (nSPS) is 16.9. The van der Waals surface area contributed by atoms with Gasteiger partial charge in [-0.1, -0.05) is 0 Å². The van der Waals surface area contributed by atoms with Gasteiger partial charge in [-0.15, -0.1) is 0 Å². The molecule has 1 N–H and O–H groups in total. The highest BCUT2D eigenvalue weighted by molar-refractivity contribution is 5.87. The van der Waals surface area contributed by atoms with Crippen LogP contribution in [-0.4, -0.2) is 44.6 Å². The van der Waals surface area contributed by atoms with Gasteiger partial charge >= 0.3 is 0 Å². The summed E-state index contributed by atoms with van der Waals surface area (Å²) in [6, 6.07) is 0.198. The standard InChI is InChI=1S/C11H17N5O2/c1-8(2)16-9(13-7-14-16)6-15-4-3-10(17)12-5-11(15)18/h7-8H,3-6H2,1-2H3,(H,12,17). The number of hydrogen-bond donors (Lipinski definition) is 1. The molecule has 2 rings (SSSR count). The summed E-state index contributed by atoms with van der Waals surface area (Å²) in [5.41, 5.74) is 0. The van der Waals surface area contributed by atoms with Gasteiger partial charge in [-0.25, -0.2) is 9.67 Å². The first kappa shape index (κ1) is 12.5. The lowest BCUT2D eigenvalue weighted by molar-refractivity contribution is -0.130. The quantitative estimate of drug-likeness (QED) is 0.800. The van der Waals surface area contributed by atoms with E-state index in [1.807, 2.05) is 13.8 Å². The largest absolute Gasteiger partial charge is 0.347 e. The third kappa shape index (κ3) is 2.66. The van der Waals surface area contributed by atoms with Gasteiger partial charge in [0.2, 0.25) is 11.8 Å². The molecule has 0 radical (unpaired) electrons.